The van der Waals surface area contributed by atoms with Crippen LogP contribution in [-0.2, 0) is 14.8 Å². The van der Waals surface area contributed by atoms with Gasteiger partial charge in [0.05, 0.1) is 11.9 Å². The maximum absolute atomic E-state index is 14.8. The molecule has 2 aromatic heterocycles. The van der Waals surface area contributed by atoms with Crippen molar-refractivity contribution in [3.05, 3.63) is 59.4 Å². The summed E-state index contributed by atoms with van der Waals surface area (Å²) in [6, 6.07) is 3.42. The van der Waals surface area contributed by atoms with E-state index in [4.69, 9.17) is 4.74 Å². The molecule has 12 heteroatoms. The van der Waals surface area contributed by atoms with Gasteiger partial charge in [-0.1, -0.05) is 13.0 Å². The highest BCUT2D eigenvalue weighted by Crippen LogP contribution is 2.32. The van der Waals surface area contributed by atoms with E-state index >= 15 is 0 Å². The molecule has 34 heavy (non-hydrogen) atoms. The molecule has 1 saturated heterocycles. The predicted octanol–water partition coefficient (Wildman–Crippen LogP) is 3.47. The fourth-order valence-corrected chi connectivity index (χ4v) is 5.06. The molecule has 0 amide bonds. The molecule has 0 spiro atoms. The number of halogens is 2. The number of aryl methyl sites for hydroxylation is 1. The number of hydrogen-bond donors (Lipinski definition) is 1. The number of benzene rings is 1. The number of rotatable bonds is 7. The Morgan fingerprint density at radius 2 is 1.82 bits per heavy atom. The van der Waals surface area contributed by atoms with Gasteiger partial charge in [-0.2, -0.15) is 0 Å². The molecule has 0 aliphatic carbocycles. The van der Waals surface area contributed by atoms with Crippen LogP contribution in [-0.4, -0.2) is 51.6 Å². The lowest BCUT2D eigenvalue weighted by molar-refractivity contribution is 0.0775. The first-order valence-corrected chi connectivity index (χ1v) is 12.5. The van der Waals surface area contributed by atoms with Gasteiger partial charge in [-0.3, -0.25) is 9.29 Å². The largest absolute Gasteiger partial charge is 0.381 e. The van der Waals surface area contributed by atoms with Crippen molar-refractivity contribution in [2.24, 2.45) is 0 Å². The van der Waals surface area contributed by atoms with Gasteiger partial charge in [0.15, 0.2) is 0 Å². The van der Waals surface area contributed by atoms with Crippen LogP contribution in [0.5, 0.6) is 0 Å². The summed E-state index contributed by atoms with van der Waals surface area (Å²) >= 11 is 0. The fraction of sp³-hybridized carbons (Fsp3) is 0.455. The second-order valence-electron chi connectivity index (χ2n) is 8.46. The maximum Gasteiger partial charge on any atom is 0.243 e. The van der Waals surface area contributed by atoms with Crippen molar-refractivity contribution < 1.29 is 21.9 Å². The van der Waals surface area contributed by atoms with Crippen molar-refractivity contribution >= 4 is 16.0 Å². The van der Waals surface area contributed by atoms with Gasteiger partial charge in [0.1, 0.15) is 29.0 Å². The highest BCUT2D eigenvalue weighted by molar-refractivity contribution is 7.93. The molecule has 1 fully saturated rings. The highest BCUT2D eigenvalue weighted by atomic mass is 32.2. The van der Waals surface area contributed by atoms with Crippen LogP contribution in [0.15, 0.2) is 30.6 Å². The van der Waals surface area contributed by atoms with Crippen LogP contribution in [0.4, 0.5) is 14.7 Å². The Labute approximate surface area is 196 Å². The lowest BCUT2D eigenvalue weighted by Crippen LogP contribution is -2.32. The van der Waals surface area contributed by atoms with Gasteiger partial charge < -0.3 is 4.74 Å². The highest BCUT2D eigenvalue weighted by Gasteiger charge is 2.33. The zero-order valence-electron chi connectivity index (χ0n) is 19.1. The average molecular weight is 493 g/mol. The first-order chi connectivity index (χ1) is 16.2. The molecule has 1 aromatic carbocycles. The summed E-state index contributed by atoms with van der Waals surface area (Å²) in [6.07, 6.45) is 4.63. The maximum atomic E-state index is 14.8. The van der Waals surface area contributed by atoms with E-state index in [1.165, 1.54) is 13.0 Å². The quantitative estimate of drug-likeness (QED) is 0.537. The van der Waals surface area contributed by atoms with Crippen LogP contribution in [0.3, 0.4) is 0 Å². The van der Waals surface area contributed by atoms with Gasteiger partial charge in [0.2, 0.25) is 16.0 Å². The monoisotopic (exact) mass is 492 g/mol. The van der Waals surface area contributed by atoms with Crippen LogP contribution in [0.2, 0.25) is 0 Å². The SMILES string of the molecule is Cc1cnc(C(C)C(C)S(=O)(=O)Nc2nnc([C@@H]3CCCOC3)n2-c2c(F)cccc2F)nc1. The van der Waals surface area contributed by atoms with Gasteiger partial charge in [-0.05, 0) is 44.4 Å². The van der Waals surface area contributed by atoms with E-state index in [2.05, 4.69) is 24.9 Å². The van der Waals surface area contributed by atoms with Gasteiger partial charge >= 0.3 is 0 Å². The molecule has 9 nitrogen and oxygen atoms in total. The normalized spacial score (nSPS) is 18.4. The third-order valence-electron chi connectivity index (χ3n) is 6.01. The Bertz CT molecular complexity index is 1240. The van der Waals surface area contributed by atoms with Crippen LogP contribution >= 0.6 is 0 Å². The minimum absolute atomic E-state index is 0.226. The van der Waals surface area contributed by atoms with Crippen LogP contribution in [0.1, 0.15) is 55.7 Å². The number of ether oxygens (including phenoxy) is 1. The zero-order chi connectivity index (χ0) is 24.5. The lowest BCUT2D eigenvalue weighted by Gasteiger charge is -2.23. The molecule has 1 aliphatic rings. The van der Waals surface area contributed by atoms with Crippen LogP contribution in [0.25, 0.3) is 5.69 Å². The summed E-state index contributed by atoms with van der Waals surface area (Å²) in [5.41, 5.74) is 0.400. The minimum atomic E-state index is -4.07. The summed E-state index contributed by atoms with van der Waals surface area (Å²) in [4.78, 5) is 8.45. The van der Waals surface area contributed by atoms with Gasteiger partial charge in [-0.25, -0.2) is 27.2 Å². The van der Waals surface area contributed by atoms with Crippen molar-refractivity contribution in [3.63, 3.8) is 0 Å². The average Bonchev–Trinajstić information content (AvgIpc) is 3.21. The summed E-state index contributed by atoms with van der Waals surface area (Å²) < 4.78 is 65.1. The second kappa shape index (κ2) is 9.71. The molecule has 182 valence electrons. The molecule has 3 atom stereocenters. The number of sulfonamides is 1. The smallest absolute Gasteiger partial charge is 0.243 e. The van der Waals surface area contributed by atoms with E-state index in [9.17, 15) is 17.2 Å². The second-order valence-corrected chi connectivity index (χ2v) is 10.5. The lowest BCUT2D eigenvalue weighted by atomic mass is 10.0. The zero-order valence-corrected chi connectivity index (χ0v) is 19.9. The van der Waals surface area contributed by atoms with Crippen molar-refractivity contribution in [2.45, 2.75) is 50.7 Å². The number of nitrogens with one attached hydrogen (secondary N) is 1. The molecule has 1 N–H and O–H groups in total. The molecule has 3 heterocycles. The molecule has 0 radical (unpaired) electrons. The van der Waals surface area contributed by atoms with E-state index in [0.717, 1.165) is 28.7 Å². The Balaban J connectivity index is 1.72. The van der Waals surface area contributed by atoms with Crippen molar-refractivity contribution in [2.75, 3.05) is 17.9 Å². The molecular weight excluding hydrogens is 466 g/mol. The fourth-order valence-electron chi connectivity index (χ4n) is 3.83. The van der Waals surface area contributed by atoms with Crippen LogP contribution < -0.4 is 4.72 Å². The molecule has 2 unspecified atom stereocenters. The Morgan fingerprint density at radius 1 is 1.15 bits per heavy atom. The van der Waals surface area contributed by atoms with E-state index in [1.54, 1.807) is 19.3 Å². The van der Waals surface area contributed by atoms with E-state index in [0.29, 0.717) is 25.5 Å². The topological polar surface area (TPSA) is 112 Å². The Hall–Kier alpha value is -2.99. The molecule has 0 bridgehead atoms. The molecule has 0 saturated carbocycles. The van der Waals surface area contributed by atoms with E-state index in [-0.39, 0.29) is 17.7 Å². The summed E-state index contributed by atoms with van der Waals surface area (Å²) in [5, 5.41) is 7.09. The third-order valence-corrected chi connectivity index (χ3v) is 7.86. The molecule has 1 aliphatic heterocycles. The van der Waals surface area contributed by atoms with Gasteiger partial charge in [0.25, 0.3) is 0 Å². The van der Waals surface area contributed by atoms with Crippen molar-refractivity contribution in [3.8, 4) is 5.69 Å². The number of aromatic nitrogens is 5. The van der Waals surface area contributed by atoms with Crippen molar-refractivity contribution in [1.82, 2.24) is 24.7 Å². The van der Waals surface area contributed by atoms with Crippen molar-refractivity contribution in [1.29, 1.82) is 0 Å². The van der Waals surface area contributed by atoms with Gasteiger partial charge in [-0.15, -0.1) is 10.2 Å². The number of nitrogens with zero attached hydrogens (tertiary/aromatic N) is 5. The Morgan fingerprint density at radius 3 is 2.44 bits per heavy atom. The predicted molar refractivity (Wildman–Crippen MR) is 121 cm³/mol. The summed E-state index contributed by atoms with van der Waals surface area (Å²) in [6.45, 7) is 5.91. The van der Waals surface area contributed by atoms with E-state index in [1.807, 2.05) is 6.92 Å². The number of para-hydroxylation sites is 1. The van der Waals surface area contributed by atoms with E-state index < -0.39 is 38.5 Å². The molecule has 3 aromatic rings. The third kappa shape index (κ3) is 4.78. The number of hydrogen-bond acceptors (Lipinski definition) is 7. The molecular formula is C22H26F2N6O3S. The Kier molecular flexibility index (Phi) is 6.89. The molecule has 4 rings (SSSR count). The van der Waals surface area contributed by atoms with Crippen LogP contribution in [0, 0.1) is 18.6 Å². The minimum Gasteiger partial charge on any atom is -0.381 e. The first kappa shape index (κ1) is 24.1. The summed E-state index contributed by atoms with van der Waals surface area (Å²) in [7, 11) is -4.07. The standard InChI is InChI=1S/C22H26F2N6O3S/c1-13-10-25-20(26-11-13)14(2)15(3)34(31,32)29-22-28-27-21(16-6-5-9-33-12-16)30(22)19-17(23)7-4-8-18(19)24/h4,7-8,10-11,14-16H,5-6,9,12H2,1-3H3,(H,28,29)/t14?,15?,16-/m1/s1. The number of anilines is 1. The van der Waals surface area contributed by atoms with Gasteiger partial charge in [0, 0.05) is 30.8 Å². The first-order valence-electron chi connectivity index (χ1n) is 11.0. The summed E-state index contributed by atoms with van der Waals surface area (Å²) in [5.74, 6) is -2.30.